The zero-order valence-electron chi connectivity index (χ0n) is 15.4. The fourth-order valence-electron chi connectivity index (χ4n) is 3.62. The predicted molar refractivity (Wildman–Crippen MR) is 99.0 cm³/mol. The van der Waals surface area contributed by atoms with Crippen LogP contribution in [0.4, 0.5) is 10.2 Å². The van der Waals surface area contributed by atoms with Crippen molar-refractivity contribution in [1.29, 1.82) is 0 Å². The van der Waals surface area contributed by atoms with E-state index in [1.54, 1.807) is 23.1 Å². The molecule has 2 saturated heterocycles. The number of anilines is 1. The number of rotatable bonds is 4. The number of carbonyl (C=O) groups is 1. The van der Waals surface area contributed by atoms with Crippen LogP contribution in [-0.2, 0) is 16.1 Å². The molecule has 142 valence electrons. The summed E-state index contributed by atoms with van der Waals surface area (Å²) in [5.74, 6) is 1.48. The van der Waals surface area contributed by atoms with Gasteiger partial charge in [0.15, 0.2) is 0 Å². The molecule has 2 fully saturated rings. The molecule has 1 aromatic carbocycles. The molecule has 1 atom stereocenters. The molecule has 0 saturated carbocycles. The fourth-order valence-corrected chi connectivity index (χ4v) is 3.62. The minimum Gasteiger partial charge on any atom is -0.381 e. The normalized spacial score (nSPS) is 20.4. The Morgan fingerprint density at radius 2 is 2.11 bits per heavy atom. The third-order valence-electron chi connectivity index (χ3n) is 5.15. The van der Waals surface area contributed by atoms with E-state index >= 15 is 0 Å². The first kappa shape index (κ1) is 17.9. The summed E-state index contributed by atoms with van der Waals surface area (Å²) in [6.07, 6.45) is 0.964. The van der Waals surface area contributed by atoms with Crippen LogP contribution in [0.3, 0.4) is 0 Å². The summed E-state index contributed by atoms with van der Waals surface area (Å²) >= 11 is 0. The van der Waals surface area contributed by atoms with Crippen LogP contribution in [0.1, 0.15) is 29.4 Å². The number of carbonyl (C=O) groups excluding carboxylic acids is 1. The lowest BCUT2D eigenvalue weighted by atomic mass is 10.0. The van der Waals surface area contributed by atoms with Crippen LogP contribution in [-0.4, -0.2) is 53.6 Å². The van der Waals surface area contributed by atoms with E-state index < -0.39 is 0 Å². The molecule has 27 heavy (non-hydrogen) atoms. The first-order valence-electron chi connectivity index (χ1n) is 9.29. The van der Waals surface area contributed by atoms with E-state index in [-0.39, 0.29) is 18.3 Å². The highest BCUT2D eigenvalue weighted by atomic mass is 19.1. The molecule has 1 aromatic heterocycles. The Morgan fingerprint density at radius 3 is 2.85 bits per heavy atom. The Balaban J connectivity index is 1.46. The summed E-state index contributed by atoms with van der Waals surface area (Å²) in [7, 11) is 0. The smallest absolute Gasteiger partial charge is 0.242 e. The number of piperazine rings is 1. The SMILES string of the molecule is Cc1nc([C@H]2CCOC2)cc(N2CCN(Cc3ccccc3F)C(=O)C2)n1. The van der Waals surface area contributed by atoms with Gasteiger partial charge in [-0.05, 0) is 19.4 Å². The molecule has 2 aliphatic heterocycles. The van der Waals surface area contributed by atoms with Gasteiger partial charge in [-0.25, -0.2) is 14.4 Å². The summed E-state index contributed by atoms with van der Waals surface area (Å²) in [5, 5.41) is 0. The summed E-state index contributed by atoms with van der Waals surface area (Å²) in [6, 6.07) is 8.57. The van der Waals surface area contributed by atoms with Gasteiger partial charge in [-0.1, -0.05) is 18.2 Å². The van der Waals surface area contributed by atoms with Crippen molar-refractivity contribution in [2.24, 2.45) is 0 Å². The maximum Gasteiger partial charge on any atom is 0.242 e. The molecule has 1 amide bonds. The Labute approximate surface area is 158 Å². The zero-order valence-corrected chi connectivity index (χ0v) is 15.4. The first-order valence-corrected chi connectivity index (χ1v) is 9.29. The molecule has 4 rings (SSSR count). The summed E-state index contributed by atoms with van der Waals surface area (Å²) in [4.78, 5) is 25.4. The van der Waals surface area contributed by atoms with E-state index in [4.69, 9.17) is 4.74 Å². The molecule has 2 aromatic rings. The molecule has 0 aliphatic carbocycles. The molecule has 7 heteroatoms. The minimum absolute atomic E-state index is 0.0217. The molecular formula is C20H23FN4O2. The first-order chi connectivity index (χ1) is 13.1. The molecule has 0 bridgehead atoms. The number of aromatic nitrogens is 2. The second kappa shape index (κ2) is 7.60. The van der Waals surface area contributed by atoms with Gasteiger partial charge < -0.3 is 14.5 Å². The molecule has 2 aliphatic rings. The molecule has 0 radical (unpaired) electrons. The van der Waals surface area contributed by atoms with Gasteiger partial charge in [-0.3, -0.25) is 4.79 Å². The zero-order chi connectivity index (χ0) is 18.8. The third kappa shape index (κ3) is 3.93. The number of hydrogen-bond acceptors (Lipinski definition) is 5. The third-order valence-corrected chi connectivity index (χ3v) is 5.15. The maximum absolute atomic E-state index is 13.9. The Morgan fingerprint density at radius 1 is 1.26 bits per heavy atom. The van der Waals surface area contributed by atoms with Crippen LogP contribution in [0.25, 0.3) is 0 Å². The van der Waals surface area contributed by atoms with Crippen LogP contribution in [0, 0.1) is 12.7 Å². The van der Waals surface area contributed by atoms with Crippen LogP contribution < -0.4 is 4.90 Å². The number of benzene rings is 1. The van der Waals surface area contributed by atoms with Crippen LogP contribution in [0.15, 0.2) is 30.3 Å². The van der Waals surface area contributed by atoms with Gasteiger partial charge in [-0.15, -0.1) is 0 Å². The van der Waals surface area contributed by atoms with Gasteiger partial charge in [0.2, 0.25) is 5.91 Å². The second-order valence-electron chi connectivity index (χ2n) is 7.09. The van der Waals surface area contributed by atoms with Crippen molar-refractivity contribution >= 4 is 11.7 Å². The van der Waals surface area contributed by atoms with Crippen molar-refractivity contribution in [3.05, 3.63) is 53.2 Å². The molecule has 6 nitrogen and oxygen atoms in total. The van der Waals surface area contributed by atoms with Gasteiger partial charge in [0.25, 0.3) is 0 Å². The number of aryl methyl sites for hydroxylation is 1. The van der Waals surface area contributed by atoms with E-state index in [2.05, 4.69) is 9.97 Å². The maximum atomic E-state index is 13.9. The average molecular weight is 370 g/mol. The highest BCUT2D eigenvalue weighted by Gasteiger charge is 2.27. The lowest BCUT2D eigenvalue weighted by Crippen LogP contribution is -2.50. The Kier molecular flexibility index (Phi) is 5.03. The van der Waals surface area contributed by atoms with Crippen LogP contribution >= 0.6 is 0 Å². The van der Waals surface area contributed by atoms with E-state index in [9.17, 15) is 9.18 Å². The van der Waals surface area contributed by atoms with Gasteiger partial charge in [0.05, 0.1) is 18.8 Å². The van der Waals surface area contributed by atoms with Gasteiger partial charge in [0.1, 0.15) is 17.5 Å². The topological polar surface area (TPSA) is 58.6 Å². The molecule has 0 N–H and O–H groups in total. The summed E-state index contributed by atoms with van der Waals surface area (Å²) < 4.78 is 19.3. The van der Waals surface area contributed by atoms with Crippen LogP contribution in [0.5, 0.6) is 0 Å². The minimum atomic E-state index is -0.275. The Bertz CT molecular complexity index is 838. The van der Waals surface area contributed by atoms with E-state index in [0.29, 0.717) is 43.5 Å². The number of halogens is 1. The van der Waals surface area contributed by atoms with Gasteiger partial charge >= 0.3 is 0 Å². The number of amides is 1. The van der Waals surface area contributed by atoms with Crippen molar-refractivity contribution in [2.75, 3.05) is 37.7 Å². The van der Waals surface area contributed by atoms with Gasteiger partial charge in [-0.2, -0.15) is 0 Å². The summed E-state index contributed by atoms with van der Waals surface area (Å²) in [6.45, 7) is 5.06. The van der Waals surface area contributed by atoms with Crippen molar-refractivity contribution in [3.63, 3.8) is 0 Å². The van der Waals surface area contributed by atoms with E-state index in [1.165, 1.54) is 6.07 Å². The fraction of sp³-hybridized carbons (Fsp3) is 0.450. The number of hydrogen-bond donors (Lipinski definition) is 0. The van der Waals surface area contributed by atoms with E-state index in [1.807, 2.05) is 17.9 Å². The predicted octanol–water partition coefficient (Wildman–Crippen LogP) is 2.28. The lowest BCUT2D eigenvalue weighted by molar-refractivity contribution is -0.131. The molecular weight excluding hydrogens is 347 g/mol. The van der Waals surface area contributed by atoms with Crippen molar-refractivity contribution < 1.29 is 13.9 Å². The number of nitrogens with zero attached hydrogens (tertiary/aromatic N) is 4. The molecule has 0 unspecified atom stereocenters. The van der Waals surface area contributed by atoms with Crippen LogP contribution in [0.2, 0.25) is 0 Å². The average Bonchev–Trinajstić information content (AvgIpc) is 3.19. The second-order valence-corrected chi connectivity index (χ2v) is 7.09. The lowest BCUT2D eigenvalue weighted by Gasteiger charge is -2.35. The monoisotopic (exact) mass is 370 g/mol. The van der Waals surface area contributed by atoms with E-state index in [0.717, 1.165) is 24.5 Å². The molecule has 0 spiro atoms. The Hall–Kier alpha value is -2.54. The quantitative estimate of drug-likeness (QED) is 0.826. The summed E-state index contributed by atoms with van der Waals surface area (Å²) in [5.41, 5.74) is 1.52. The largest absolute Gasteiger partial charge is 0.381 e. The highest BCUT2D eigenvalue weighted by Crippen LogP contribution is 2.26. The molecule has 3 heterocycles. The van der Waals surface area contributed by atoms with Crippen molar-refractivity contribution in [2.45, 2.75) is 25.8 Å². The van der Waals surface area contributed by atoms with Gasteiger partial charge in [0, 0.05) is 43.8 Å². The van der Waals surface area contributed by atoms with Crippen molar-refractivity contribution in [1.82, 2.24) is 14.9 Å². The standard InChI is InChI=1S/C20H23FN4O2/c1-14-22-18(16-6-9-27-13-16)10-19(23-14)24-7-8-25(20(26)12-24)11-15-4-2-3-5-17(15)21/h2-5,10,16H,6-9,11-13H2,1H3/t16-/m0/s1. The van der Waals surface area contributed by atoms with Crippen molar-refractivity contribution in [3.8, 4) is 0 Å². The highest BCUT2D eigenvalue weighted by molar-refractivity contribution is 5.82. The number of ether oxygens (including phenoxy) is 1.